The van der Waals surface area contributed by atoms with Crippen molar-refractivity contribution in [2.45, 2.75) is 26.2 Å². The summed E-state index contributed by atoms with van der Waals surface area (Å²) in [6, 6.07) is 26.7. The summed E-state index contributed by atoms with van der Waals surface area (Å²) in [6.45, 7) is 6.85. The molecule has 0 bridgehead atoms. The number of fused-ring (bicyclic) bond motifs is 7. The SMILES string of the molecule is CC(C)(C)c1ccc2c(c1)c1cccc3c4cc(-c5nccc6ccccc56)sc4n2c13. The molecule has 0 aliphatic rings. The fourth-order valence-corrected chi connectivity index (χ4v) is 6.34. The fourth-order valence-electron chi connectivity index (χ4n) is 5.14. The number of aromatic nitrogens is 2. The number of hydrogen-bond acceptors (Lipinski definition) is 2. The van der Waals surface area contributed by atoms with Gasteiger partial charge in [-0.3, -0.25) is 9.38 Å². The van der Waals surface area contributed by atoms with Crippen molar-refractivity contribution in [2.24, 2.45) is 0 Å². The Morgan fingerprint density at radius 3 is 2.38 bits per heavy atom. The van der Waals surface area contributed by atoms with E-state index in [1.54, 1.807) is 0 Å². The Hall–Kier alpha value is -3.43. The van der Waals surface area contributed by atoms with Gasteiger partial charge >= 0.3 is 0 Å². The Morgan fingerprint density at radius 2 is 1.53 bits per heavy atom. The van der Waals surface area contributed by atoms with Gasteiger partial charge in [0.2, 0.25) is 0 Å². The van der Waals surface area contributed by atoms with Crippen molar-refractivity contribution in [2.75, 3.05) is 0 Å². The van der Waals surface area contributed by atoms with Gasteiger partial charge in [-0.2, -0.15) is 0 Å². The third kappa shape index (κ3) is 2.32. The molecule has 0 saturated heterocycles. The van der Waals surface area contributed by atoms with Gasteiger partial charge in [-0.05, 0) is 40.6 Å². The second-order valence-electron chi connectivity index (χ2n) is 9.73. The second kappa shape index (κ2) is 6.08. The van der Waals surface area contributed by atoms with E-state index in [4.69, 9.17) is 4.98 Å². The van der Waals surface area contributed by atoms with E-state index in [2.05, 4.69) is 98.0 Å². The van der Waals surface area contributed by atoms with Crippen molar-refractivity contribution >= 4 is 59.5 Å². The second-order valence-corrected chi connectivity index (χ2v) is 10.8. The summed E-state index contributed by atoms with van der Waals surface area (Å²) in [4.78, 5) is 7.31. The van der Waals surface area contributed by atoms with Crippen molar-refractivity contribution < 1.29 is 0 Å². The topological polar surface area (TPSA) is 17.3 Å². The molecule has 0 aliphatic carbocycles. The lowest BCUT2D eigenvalue weighted by Crippen LogP contribution is -2.10. The van der Waals surface area contributed by atoms with Crippen LogP contribution in [0.25, 0.3) is 58.8 Å². The van der Waals surface area contributed by atoms with Gasteiger partial charge in [-0.15, -0.1) is 11.3 Å². The first-order valence-electron chi connectivity index (χ1n) is 11.1. The van der Waals surface area contributed by atoms with Gasteiger partial charge < -0.3 is 0 Å². The Kier molecular flexibility index (Phi) is 3.45. The van der Waals surface area contributed by atoms with Gasteiger partial charge in [0.1, 0.15) is 4.83 Å². The summed E-state index contributed by atoms with van der Waals surface area (Å²) in [5, 5.41) is 7.78. The number of benzene rings is 3. The molecule has 7 rings (SSSR count). The number of nitrogens with zero attached hydrogens (tertiary/aromatic N) is 2. The number of pyridine rings is 1. The van der Waals surface area contributed by atoms with Crippen LogP contribution in [0.1, 0.15) is 26.3 Å². The normalized spacial score (nSPS) is 12.8. The first-order chi connectivity index (χ1) is 15.5. The number of para-hydroxylation sites is 1. The monoisotopic (exact) mass is 430 g/mol. The smallest absolute Gasteiger partial charge is 0.109 e. The predicted octanol–water partition coefficient (Wildman–Crippen LogP) is 8.41. The zero-order valence-corrected chi connectivity index (χ0v) is 19.1. The molecule has 4 aromatic heterocycles. The van der Waals surface area contributed by atoms with E-state index in [-0.39, 0.29) is 5.41 Å². The Bertz CT molecular complexity index is 1810. The molecule has 0 aliphatic heterocycles. The Morgan fingerprint density at radius 1 is 0.750 bits per heavy atom. The molecule has 4 heterocycles. The molecule has 0 fully saturated rings. The zero-order valence-electron chi connectivity index (χ0n) is 18.3. The summed E-state index contributed by atoms with van der Waals surface area (Å²) in [7, 11) is 0. The van der Waals surface area contributed by atoms with Gasteiger partial charge in [0.15, 0.2) is 0 Å². The number of rotatable bonds is 1. The molecule has 3 heteroatoms. The van der Waals surface area contributed by atoms with Crippen LogP contribution >= 0.6 is 11.3 Å². The minimum atomic E-state index is 0.131. The van der Waals surface area contributed by atoms with Crippen molar-refractivity contribution in [1.82, 2.24) is 9.38 Å². The Labute approximate surface area is 190 Å². The van der Waals surface area contributed by atoms with Crippen LogP contribution < -0.4 is 0 Å². The average Bonchev–Trinajstić information content (AvgIpc) is 3.45. The average molecular weight is 431 g/mol. The summed E-state index contributed by atoms with van der Waals surface area (Å²) < 4.78 is 2.47. The molecule has 0 N–H and O–H groups in total. The van der Waals surface area contributed by atoms with Crippen LogP contribution in [-0.2, 0) is 5.41 Å². The van der Waals surface area contributed by atoms with Gasteiger partial charge in [0.25, 0.3) is 0 Å². The van der Waals surface area contributed by atoms with E-state index in [0.29, 0.717) is 0 Å². The third-order valence-electron chi connectivity index (χ3n) is 6.77. The lowest BCUT2D eigenvalue weighted by atomic mass is 9.86. The molecular formula is C29H22N2S. The van der Waals surface area contributed by atoms with E-state index in [1.165, 1.54) is 58.6 Å². The predicted molar refractivity (Wildman–Crippen MR) is 138 cm³/mol. The van der Waals surface area contributed by atoms with E-state index in [0.717, 1.165) is 5.69 Å². The zero-order chi connectivity index (χ0) is 21.6. The maximum atomic E-state index is 4.78. The van der Waals surface area contributed by atoms with Crippen LogP contribution in [0.15, 0.2) is 79.0 Å². The molecule has 32 heavy (non-hydrogen) atoms. The highest BCUT2D eigenvalue weighted by molar-refractivity contribution is 7.22. The van der Waals surface area contributed by atoms with Crippen LogP contribution in [0, 0.1) is 0 Å². The standard InChI is InChI=1S/C29H22N2S/c1-29(2,3)18-11-12-24-22(15-18)20-9-6-10-21-23-16-25(32-28(23)31(24)27(20)21)26-19-8-5-4-7-17(19)13-14-30-26/h4-16H,1-3H3. The molecule has 154 valence electrons. The van der Waals surface area contributed by atoms with E-state index >= 15 is 0 Å². The first kappa shape index (κ1) is 18.2. The van der Waals surface area contributed by atoms with Crippen LogP contribution in [0.4, 0.5) is 0 Å². The minimum absolute atomic E-state index is 0.131. The summed E-state index contributed by atoms with van der Waals surface area (Å²) in [6.07, 6.45) is 1.92. The lowest BCUT2D eigenvalue weighted by Gasteiger charge is -2.19. The Balaban J connectivity index is 1.59. The molecule has 0 radical (unpaired) electrons. The van der Waals surface area contributed by atoms with Gasteiger partial charge in [-0.1, -0.05) is 69.3 Å². The summed E-state index contributed by atoms with van der Waals surface area (Å²) in [5.41, 5.74) is 5.21. The molecule has 3 aromatic carbocycles. The van der Waals surface area contributed by atoms with Crippen LogP contribution in [0.3, 0.4) is 0 Å². The quantitative estimate of drug-likeness (QED) is 0.255. The van der Waals surface area contributed by atoms with Crippen LogP contribution in [0.5, 0.6) is 0 Å². The third-order valence-corrected chi connectivity index (χ3v) is 7.89. The highest BCUT2D eigenvalue weighted by Crippen LogP contribution is 2.45. The fraction of sp³-hybridized carbons (Fsp3) is 0.138. The summed E-state index contributed by atoms with van der Waals surface area (Å²) in [5.74, 6) is 0. The largest absolute Gasteiger partial charge is 0.299 e. The molecule has 0 saturated carbocycles. The molecule has 0 unspecified atom stereocenters. The molecule has 7 aromatic rings. The van der Waals surface area contributed by atoms with E-state index < -0.39 is 0 Å². The molecule has 2 nitrogen and oxygen atoms in total. The van der Waals surface area contributed by atoms with E-state index in [1.807, 2.05) is 17.5 Å². The first-order valence-corrected chi connectivity index (χ1v) is 11.9. The maximum absolute atomic E-state index is 4.78. The number of hydrogen-bond donors (Lipinski definition) is 0. The molecule has 0 amide bonds. The van der Waals surface area contributed by atoms with Crippen molar-refractivity contribution in [3.05, 3.63) is 84.6 Å². The lowest BCUT2D eigenvalue weighted by molar-refractivity contribution is 0.591. The van der Waals surface area contributed by atoms with Crippen molar-refractivity contribution in [3.8, 4) is 10.6 Å². The molecule has 0 spiro atoms. The highest BCUT2D eigenvalue weighted by atomic mass is 32.1. The summed E-state index contributed by atoms with van der Waals surface area (Å²) >= 11 is 1.85. The van der Waals surface area contributed by atoms with Crippen LogP contribution in [-0.4, -0.2) is 9.38 Å². The van der Waals surface area contributed by atoms with Gasteiger partial charge in [-0.25, -0.2) is 0 Å². The van der Waals surface area contributed by atoms with Crippen molar-refractivity contribution in [3.63, 3.8) is 0 Å². The number of thiophene rings is 1. The highest BCUT2D eigenvalue weighted by Gasteiger charge is 2.22. The van der Waals surface area contributed by atoms with Crippen LogP contribution in [0.2, 0.25) is 0 Å². The molecular weight excluding hydrogens is 408 g/mol. The van der Waals surface area contributed by atoms with Crippen molar-refractivity contribution in [1.29, 1.82) is 0 Å². The van der Waals surface area contributed by atoms with Gasteiger partial charge in [0, 0.05) is 33.1 Å². The minimum Gasteiger partial charge on any atom is -0.299 e. The molecule has 0 atom stereocenters. The van der Waals surface area contributed by atoms with Gasteiger partial charge in [0.05, 0.1) is 21.6 Å². The van der Waals surface area contributed by atoms with E-state index in [9.17, 15) is 0 Å². The maximum Gasteiger partial charge on any atom is 0.109 e.